The molecule has 0 bridgehead atoms. The molecule has 0 saturated carbocycles. The Hall–Kier alpha value is -2.07. The number of nitrogens with zero attached hydrogens (tertiary/aromatic N) is 1. The average molecular weight is 300 g/mol. The largest absolute Gasteiger partial charge is 0.496 e. The lowest BCUT2D eigenvalue weighted by Crippen LogP contribution is -2.17. The van der Waals surface area contributed by atoms with Gasteiger partial charge in [-0.05, 0) is 36.8 Å². The summed E-state index contributed by atoms with van der Waals surface area (Å²) in [6.07, 6.45) is 0. The van der Waals surface area contributed by atoms with Gasteiger partial charge in [-0.25, -0.2) is 0 Å². The SMILES string of the molecule is COc1ccc(CN(C)c2ccc(C)cc2)cc1C(N)=S. The lowest BCUT2D eigenvalue weighted by molar-refractivity contribution is 0.414. The van der Waals surface area contributed by atoms with Crippen LogP contribution in [0.2, 0.25) is 0 Å². The number of benzene rings is 2. The molecular weight excluding hydrogens is 280 g/mol. The van der Waals surface area contributed by atoms with Crippen LogP contribution in [0.4, 0.5) is 5.69 Å². The number of hydrogen-bond acceptors (Lipinski definition) is 3. The molecule has 0 aliphatic rings. The second-order valence-electron chi connectivity index (χ2n) is 5.09. The third kappa shape index (κ3) is 3.73. The number of aryl methyl sites for hydroxylation is 1. The molecule has 2 aromatic carbocycles. The van der Waals surface area contributed by atoms with Crippen molar-refractivity contribution in [1.82, 2.24) is 0 Å². The van der Waals surface area contributed by atoms with Crippen molar-refractivity contribution in [2.45, 2.75) is 13.5 Å². The van der Waals surface area contributed by atoms with Gasteiger partial charge in [0.05, 0.1) is 12.7 Å². The van der Waals surface area contributed by atoms with Crippen LogP contribution in [-0.2, 0) is 6.54 Å². The quantitative estimate of drug-likeness (QED) is 0.860. The average Bonchev–Trinajstić information content (AvgIpc) is 2.47. The van der Waals surface area contributed by atoms with Gasteiger partial charge in [0, 0.05) is 19.3 Å². The summed E-state index contributed by atoms with van der Waals surface area (Å²) in [7, 11) is 3.69. The zero-order chi connectivity index (χ0) is 15.4. The molecule has 2 aromatic rings. The summed E-state index contributed by atoms with van der Waals surface area (Å²) in [6.45, 7) is 2.87. The Labute approximate surface area is 131 Å². The number of rotatable bonds is 5. The first kappa shape index (κ1) is 15.3. The molecule has 3 nitrogen and oxygen atoms in total. The van der Waals surface area contributed by atoms with Crippen molar-refractivity contribution in [2.75, 3.05) is 19.1 Å². The Morgan fingerprint density at radius 1 is 1.19 bits per heavy atom. The molecule has 2 rings (SSSR count). The Bertz CT molecular complexity index is 638. The monoisotopic (exact) mass is 300 g/mol. The third-order valence-corrected chi connectivity index (χ3v) is 3.64. The summed E-state index contributed by atoms with van der Waals surface area (Å²) in [5, 5.41) is 0. The molecule has 0 heterocycles. The summed E-state index contributed by atoms with van der Waals surface area (Å²) < 4.78 is 5.28. The molecule has 2 N–H and O–H groups in total. The van der Waals surface area contributed by atoms with E-state index >= 15 is 0 Å². The van der Waals surface area contributed by atoms with Gasteiger partial charge in [0.1, 0.15) is 10.7 Å². The van der Waals surface area contributed by atoms with Gasteiger partial charge in [0.2, 0.25) is 0 Å². The van der Waals surface area contributed by atoms with Gasteiger partial charge >= 0.3 is 0 Å². The van der Waals surface area contributed by atoms with Gasteiger partial charge in [0.25, 0.3) is 0 Å². The third-order valence-electron chi connectivity index (χ3n) is 3.42. The lowest BCUT2D eigenvalue weighted by Gasteiger charge is -2.20. The van der Waals surface area contributed by atoms with Crippen molar-refractivity contribution in [2.24, 2.45) is 5.73 Å². The molecule has 0 aromatic heterocycles. The van der Waals surface area contributed by atoms with Crippen molar-refractivity contribution >= 4 is 22.9 Å². The van der Waals surface area contributed by atoms with Crippen molar-refractivity contribution in [3.8, 4) is 5.75 Å². The van der Waals surface area contributed by atoms with Gasteiger partial charge in [-0.3, -0.25) is 0 Å². The van der Waals surface area contributed by atoms with Gasteiger partial charge in [-0.2, -0.15) is 0 Å². The fourth-order valence-corrected chi connectivity index (χ4v) is 2.37. The summed E-state index contributed by atoms with van der Waals surface area (Å²) in [6, 6.07) is 14.4. The normalized spacial score (nSPS) is 10.2. The number of thiocarbonyl (C=S) groups is 1. The van der Waals surface area contributed by atoms with E-state index in [1.165, 1.54) is 11.3 Å². The highest BCUT2D eigenvalue weighted by atomic mass is 32.1. The zero-order valence-corrected chi connectivity index (χ0v) is 13.4. The minimum atomic E-state index is 0.353. The maximum Gasteiger partial charge on any atom is 0.129 e. The molecule has 0 fully saturated rings. The molecule has 0 amide bonds. The Morgan fingerprint density at radius 2 is 1.86 bits per heavy atom. The molecule has 0 unspecified atom stereocenters. The smallest absolute Gasteiger partial charge is 0.129 e. The molecule has 0 aliphatic carbocycles. The van der Waals surface area contributed by atoms with Gasteiger partial charge in [-0.1, -0.05) is 36.0 Å². The molecule has 21 heavy (non-hydrogen) atoms. The minimum absolute atomic E-state index is 0.353. The van der Waals surface area contributed by atoms with Crippen LogP contribution in [0.25, 0.3) is 0 Å². The first-order chi connectivity index (χ1) is 10.0. The van der Waals surface area contributed by atoms with E-state index in [2.05, 4.69) is 43.1 Å². The second kappa shape index (κ2) is 6.59. The summed E-state index contributed by atoms with van der Waals surface area (Å²) >= 11 is 5.08. The Kier molecular flexibility index (Phi) is 4.81. The van der Waals surface area contributed by atoms with Gasteiger partial charge in [-0.15, -0.1) is 0 Å². The van der Waals surface area contributed by atoms with Crippen LogP contribution in [-0.4, -0.2) is 19.1 Å². The van der Waals surface area contributed by atoms with E-state index in [0.29, 0.717) is 10.7 Å². The second-order valence-corrected chi connectivity index (χ2v) is 5.53. The highest BCUT2D eigenvalue weighted by Crippen LogP contribution is 2.22. The molecule has 0 atom stereocenters. The van der Waals surface area contributed by atoms with Crippen LogP contribution in [0.1, 0.15) is 16.7 Å². The van der Waals surface area contributed by atoms with Crippen molar-refractivity contribution < 1.29 is 4.74 Å². The van der Waals surface area contributed by atoms with Gasteiger partial charge < -0.3 is 15.4 Å². The maximum absolute atomic E-state index is 5.76. The molecule has 4 heteroatoms. The van der Waals surface area contributed by atoms with Crippen LogP contribution in [0.5, 0.6) is 5.75 Å². The van der Waals surface area contributed by atoms with Crippen LogP contribution in [0, 0.1) is 6.92 Å². The summed E-state index contributed by atoms with van der Waals surface area (Å²) in [5.74, 6) is 0.712. The van der Waals surface area contributed by atoms with E-state index in [0.717, 1.165) is 17.7 Å². The molecule has 110 valence electrons. The van der Waals surface area contributed by atoms with Crippen LogP contribution in [0.15, 0.2) is 42.5 Å². The van der Waals surface area contributed by atoms with Crippen molar-refractivity contribution in [1.29, 1.82) is 0 Å². The number of hydrogen-bond donors (Lipinski definition) is 1. The Balaban J connectivity index is 2.21. The number of anilines is 1. The molecule has 0 radical (unpaired) electrons. The number of ether oxygens (including phenoxy) is 1. The highest BCUT2D eigenvalue weighted by Gasteiger charge is 2.09. The topological polar surface area (TPSA) is 38.5 Å². The first-order valence-corrected chi connectivity index (χ1v) is 7.16. The molecular formula is C17H20N2OS. The minimum Gasteiger partial charge on any atom is -0.496 e. The fraction of sp³-hybridized carbons (Fsp3) is 0.235. The number of nitrogens with two attached hydrogens (primary N) is 1. The van der Waals surface area contributed by atoms with E-state index in [9.17, 15) is 0 Å². The van der Waals surface area contributed by atoms with E-state index in [4.69, 9.17) is 22.7 Å². The highest BCUT2D eigenvalue weighted by molar-refractivity contribution is 7.80. The van der Waals surface area contributed by atoms with Crippen LogP contribution < -0.4 is 15.4 Å². The summed E-state index contributed by atoms with van der Waals surface area (Å²) in [4.78, 5) is 2.54. The summed E-state index contributed by atoms with van der Waals surface area (Å²) in [5.41, 5.74) is 10.1. The van der Waals surface area contributed by atoms with Crippen molar-refractivity contribution in [3.05, 3.63) is 59.2 Å². The zero-order valence-electron chi connectivity index (χ0n) is 12.6. The predicted molar refractivity (Wildman–Crippen MR) is 92.2 cm³/mol. The predicted octanol–water partition coefficient (Wildman–Crippen LogP) is 3.27. The van der Waals surface area contributed by atoms with E-state index in [1.807, 2.05) is 18.2 Å². The fourth-order valence-electron chi connectivity index (χ4n) is 2.21. The van der Waals surface area contributed by atoms with Crippen LogP contribution in [0.3, 0.4) is 0 Å². The van der Waals surface area contributed by atoms with Crippen molar-refractivity contribution in [3.63, 3.8) is 0 Å². The maximum atomic E-state index is 5.76. The van der Waals surface area contributed by atoms with E-state index in [-0.39, 0.29) is 0 Å². The molecule has 0 spiro atoms. The molecule has 0 saturated heterocycles. The van der Waals surface area contributed by atoms with Crippen LogP contribution >= 0.6 is 12.2 Å². The van der Waals surface area contributed by atoms with Gasteiger partial charge in [0.15, 0.2) is 0 Å². The Morgan fingerprint density at radius 3 is 2.43 bits per heavy atom. The molecule has 0 aliphatic heterocycles. The van der Waals surface area contributed by atoms with E-state index in [1.54, 1.807) is 7.11 Å². The van der Waals surface area contributed by atoms with E-state index < -0.39 is 0 Å². The number of methoxy groups -OCH3 is 1. The first-order valence-electron chi connectivity index (χ1n) is 6.76. The lowest BCUT2D eigenvalue weighted by atomic mass is 10.1. The standard InChI is InChI=1S/C17H20N2OS/c1-12-4-7-14(8-5-12)19(2)11-13-6-9-16(20-3)15(10-13)17(18)21/h4-10H,11H2,1-3H3,(H2,18,21).